The Morgan fingerprint density at radius 1 is 1.35 bits per heavy atom. The molecule has 1 aromatic heterocycles. The van der Waals surface area contributed by atoms with Crippen molar-refractivity contribution in [1.82, 2.24) is 4.72 Å². The maximum Gasteiger partial charge on any atom is 0.293 e. The molecule has 2 aromatic rings. The second-order valence-corrected chi connectivity index (χ2v) is 9.24. The lowest BCUT2D eigenvalue weighted by atomic mass is 10.1. The van der Waals surface area contributed by atoms with Crippen LogP contribution >= 0.6 is 11.3 Å². The average molecular weight is 396 g/mol. The van der Waals surface area contributed by atoms with Gasteiger partial charge in [0.15, 0.2) is 0 Å². The predicted octanol–water partition coefficient (Wildman–Crippen LogP) is 3.68. The largest absolute Gasteiger partial charge is 0.358 e. The number of nitro groups is 1. The smallest absolute Gasteiger partial charge is 0.293 e. The SMILES string of the molecule is CC(C)NS(=O)(=O)c1ccc(N2CCC[C@H]2c2cccs2)c([N+](=O)[O-])c1. The number of nitrogens with zero attached hydrogens (tertiary/aromatic N) is 2. The highest BCUT2D eigenvalue weighted by atomic mass is 32.2. The summed E-state index contributed by atoms with van der Waals surface area (Å²) < 4.78 is 27.2. The highest BCUT2D eigenvalue weighted by Crippen LogP contribution is 2.42. The van der Waals surface area contributed by atoms with E-state index in [9.17, 15) is 18.5 Å². The first-order valence-electron chi connectivity index (χ1n) is 8.40. The van der Waals surface area contributed by atoms with Gasteiger partial charge in [0.2, 0.25) is 10.0 Å². The van der Waals surface area contributed by atoms with Crippen molar-refractivity contribution in [1.29, 1.82) is 0 Å². The van der Waals surface area contributed by atoms with Gasteiger partial charge in [-0.25, -0.2) is 13.1 Å². The van der Waals surface area contributed by atoms with Crippen LogP contribution < -0.4 is 9.62 Å². The molecule has 7 nitrogen and oxygen atoms in total. The molecule has 1 aliphatic rings. The van der Waals surface area contributed by atoms with Gasteiger partial charge in [0.25, 0.3) is 5.69 Å². The van der Waals surface area contributed by atoms with Gasteiger partial charge in [-0.05, 0) is 50.3 Å². The molecule has 9 heteroatoms. The third-order valence-corrected chi connectivity index (χ3v) is 6.91. The Bertz CT molecular complexity index is 895. The fraction of sp³-hybridized carbons (Fsp3) is 0.412. The normalized spacial score (nSPS) is 17.8. The van der Waals surface area contributed by atoms with Crippen molar-refractivity contribution in [2.75, 3.05) is 11.4 Å². The molecule has 1 aromatic carbocycles. The van der Waals surface area contributed by atoms with Crippen molar-refractivity contribution < 1.29 is 13.3 Å². The third-order valence-electron chi connectivity index (χ3n) is 4.28. The number of thiophene rings is 1. The van der Waals surface area contributed by atoms with Crippen LogP contribution in [0.4, 0.5) is 11.4 Å². The van der Waals surface area contributed by atoms with Gasteiger partial charge in [0, 0.05) is 23.5 Å². The molecule has 26 heavy (non-hydrogen) atoms. The molecule has 0 bridgehead atoms. The fourth-order valence-corrected chi connectivity index (χ4v) is 5.41. The zero-order valence-corrected chi connectivity index (χ0v) is 16.2. The standard InChI is InChI=1S/C17H21N3O4S2/c1-12(2)18-26(23,24)13-7-8-14(16(11-13)20(21)22)19-9-3-5-15(19)17-6-4-10-25-17/h4,6-8,10-12,15,18H,3,5,9H2,1-2H3/t15-/m0/s1. The van der Waals surface area contributed by atoms with E-state index < -0.39 is 14.9 Å². The first-order valence-corrected chi connectivity index (χ1v) is 10.8. The van der Waals surface area contributed by atoms with Crippen LogP contribution in [0.5, 0.6) is 0 Å². The number of nitrogens with one attached hydrogen (secondary N) is 1. The van der Waals surface area contributed by atoms with Crippen LogP contribution in [0, 0.1) is 10.1 Å². The summed E-state index contributed by atoms with van der Waals surface area (Å²) in [6, 6.07) is 7.95. The number of sulfonamides is 1. The van der Waals surface area contributed by atoms with Gasteiger partial charge in [0.05, 0.1) is 15.9 Å². The zero-order chi connectivity index (χ0) is 18.9. The minimum absolute atomic E-state index is 0.0879. The van der Waals surface area contributed by atoms with Crippen molar-refractivity contribution in [3.8, 4) is 0 Å². The summed E-state index contributed by atoms with van der Waals surface area (Å²) in [5, 5.41) is 13.6. The second kappa shape index (κ2) is 7.34. The summed E-state index contributed by atoms with van der Waals surface area (Å²) in [6.07, 6.45) is 1.86. The van der Waals surface area contributed by atoms with E-state index in [0.717, 1.165) is 23.8 Å². The van der Waals surface area contributed by atoms with Gasteiger partial charge in [0.1, 0.15) is 5.69 Å². The van der Waals surface area contributed by atoms with Crippen LogP contribution in [-0.4, -0.2) is 25.9 Å². The van der Waals surface area contributed by atoms with Gasteiger partial charge in [-0.2, -0.15) is 0 Å². The quantitative estimate of drug-likeness (QED) is 0.595. The summed E-state index contributed by atoms with van der Waals surface area (Å²) >= 11 is 1.63. The molecule has 0 unspecified atom stereocenters. The molecule has 1 fully saturated rings. The Balaban J connectivity index is 2.02. The summed E-state index contributed by atoms with van der Waals surface area (Å²) in [5.41, 5.74) is 0.287. The van der Waals surface area contributed by atoms with E-state index in [-0.39, 0.29) is 22.7 Å². The van der Waals surface area contributed by atoms with Crippen LogP contribution in [0.15, 0.2) is 40.6 Å². The summed E-state index contributed by atoms with van der Waals surface area (Å²) in [7, 11) is -3.78. The van der Waals surface area contributed by atoms with Crippen molar-refractivity contribution in [3.63, 3.8) is 0 Å². The Morgan fingerprint density at radius 2 is 2.12 bits per heavy atom. The van der Waals surface area contributed by atoms with Crippen LogP contribution in [0.1, 0.15) is 37.6 Å². The number of rotatable bonds is 6. The number of hydrogen-bond donors (Lipinski definition) is 1. The maximum atomic E-state index is 12.4. The molecule has 0 spiro atoms. The lowest BCUT2D eigenvalue weighted by molar-refractivity contribution is -0.384. The van der Waals surface area contributed by atoms with Crippen molar-refractivity contribution in [3.05, 3.63) is 50.7 Å². The molecule has 1 N–H and O–H groups in total. The molecule has 0 saturated carbocycles. The number of benzene rings is 1. The van der Waals surface area contributed by atoms with Gasteiger partial charge in [-0.1, -0.05) is 6.07 Å². The molecular formula is C17H21N3O4S2. The third kappa shape index (κ3) is 3.74. The maximum absolute atomic E-state index is 12.4. The van der Waals surface area contributed by atoms with Gasteiger partial charge < -0.3 is 4.90 Å². The topological polar surface area (TPSA) is 92.6 Å². The Kier molecular flexibility index (Phi) is 5.31. The molecule has 2 heterocycles. The van der Waals surface area contributed by atoms with Crippen molar-refractivity contribution >= 4 is 32.7 Å². The average Bonchev–Trinajstić information content (AvgIpc) is 3.24. The number of anilines is 1. The van der Waals surface area contributed by atoms with E-state index in [4.69, 9.17) is 0 Å². The van der Waals surface area contributed by atoms with E-state index in [0.29, 0.717) is 12.2 Å². The van der Waals surface area contributed by atoms with E-state index in [1.807, 2.05) is 22.4 Å². The van der Waals surface area contributed by atoms with Gasteiger partial charge in [-0.3, -0.25) is 10.1 Å². The molecule has 0 aliphatic carbocycles. The van der Waals surface area contributed by atoms with E-state index in [2.05, 4.69) is 4.72 Å². The van der Waals surface area contributed by atoms with Crippen molar-refractivity contribution in [2.45, 2.75) is 43.7 Å². The highest BCUT2D eigenvalue weighted by Gasteiger charge is 2.32. The van der Waals surface area contributed by atoms with Crippen LogP contribution in [-0.2, 0) is 10.0 Å². The molecule has 1 aliphatic heterocycles. The predicted molar refractivity (Wildman–Crippen MR) is 102 cm³/mol. The summed E-state index contributed by atoms with van der Waals surface area (Å²) in [5.74, 6) is 0. The van der Waals surface area contributed by atoms with Crippen LogP contribution in [0.3, 0.4) is 0 Å². The Hall–Kier alpha value is -1.97. The van der Waals surface area contributed by atoms with Gasteiger partial charge in [-0.15, -0.1) is 11.3 Å². The highest BCUT2D eigenvalue weighted by molar-refractivity contribution is 7.89. The molecule has 0 radical (unpaired) electrons. The number of nitro benzene ring substituents is 1. The van der Waals surface area contributed by atoms with Crippen LogP contribution in [0.2, 0.25) is 0 Å². The molecular weight excluding hydrogens is 374 g/mol. The van der Waals surface area contributed by atoms with E-state index >= 15 is 0 Å². The van der Waals surface area contributed by atoms with Crippen LogP contribution in [0.25, 0.3) is 0 Å². The second-order valence-electron chi connectivity index (χ2n) is 6.55. The summed E-state index contributed by atoms with van der Waals surface area (Å²) in [4.78, 5) is 14.2. The van der Waals surface area contributed by atoms with E-state index in [1.54, 1.807) is 31.3 Å². The lowest BCUT2D eigenvalue weighted by Crippen LogP contribution is -2.30. The lowest BCUT2D eigenvalue weighted by Gasteiger charge is -2.26. The number of hydrogen-bond acceptors (Lipinski definition) is 6. The first kappa shape index (κ1) is 18.8. The molecule has 1 atom stereocenters. The Labute approximate surface area is 156 Å². The Morgan fingerprint density at radius 3 is 2.73 bits per heavy atom. The monoisotopic (exact) mass is 395 g/mol. The molecule has 3 rings (SSSR count). The zero-order valence-electron chi connectivity index (χ0n) is 14.6. The van der Waals surface area contributed by atoms with Crippen molar-refractivity contribution in [2.24, 2.45) is 0 Å². The first-order chi connectivity index (χ1) is 12.3. The minimum atomic E-state index is -3.78. The van der Waals surface area contributed by atoms with Gasteiger partial charge >= 0.3 is 0 Å². The molecule has 140 valence electrons. The fourth-order valence-electron chi connectivity index (χ4n) is 3.27. The minimum Gasteiger partial charge on any atom is -0.358 e. The molecule has 0 amide bonds. The molecule has 1 saturated heterocycles. The summed E-state index contributed by atoms with van der Waals surface area (Å²) in [6.45, 7) is 4.12. The van der Waals surface area contributed by atoms with E-state index in [1.165, 1.54) is 6.07 Å².